The van der Waals surface area contributed by atoms with Gasteiger partial charge in [0.25, 0.3) is 0 Å². The molecular weight excluding hydrogens is 356 g/mol. The van der Waals surface area contributed by atoms with Gasteiger partial charge in [0.2, 0.25) is 11.8 Å². The minimum Gasteiger partial charge on any atom is -0.478 e. The Bertz CT molecular complexity index is 522. The summed E-state index contributed by atoms with van der Waals surface area (Å²) in [4.78, 5) is 37.0. The molecule has 2 N–H and O–H groups in total. The highest BCUT2D eigenvalue weighted by molar-refractivity contribution is 5.87. The van der Waals surface area contributed by atoms with Crippen LogP contribution in [-0.4, -0.2) is 47.4 Å². The smallest absolute Gasteiger partial charge is 0.331 e. The Morgan fingerprint density at radius 3 is 1.79 bits per heavy atom. The Hall–Kier alpha value is -1.85. The summed E-state index contributed by atoms with van der Waals surface area (Å²) in [6, 6.07) is -0.336. The van der Waals surface area contributed by atoms with Crippen molar-refractivity contribution in [1.82, 2.24) is 10.2 Å². The topological polar surface area (TPSA) is 86.7 Å². The lowest BCUT2D eigenvalue weighted by atomic mass is 9.92. The van der Waals surface area contributed by atoms with Crippen molar-refractivity contribution in [2.75, 3.05) is 13.6 Å². The molecule has 0 rings (SSSR count). The molecular formula is C22H42N2O4. The van der Waals surface area contributed by atoms with Crippen LogP contribution in [0, 0.1) is 23.7 Å². The first-order chi connectivity index (χ1) is 12.8. The van der Waals surface area contributed by atoms with E-state index in [1.165, 1.54) is 11.8 Å². The van der Waals surface area contributed by atoms with E-state index in [1.54, 1.807) is 13.1 Å². The molecule has 0 saturated carbocycles. The van der Waals surface area contributed by atoms with Crippen LogP contribution in [-0.2, 0) is 14.4 Å². The molecule has 0 saturated heterocycles. The summed E-state index contributed by atoms with van der Waals surface area (Å²) >= 11 is 0. The summed E-state index contributed by atoms with van der Waals surface area (Å²) in [5, 5.41) is 11.7. The highest BCUT2D eigenvalue weighted by Crippen LogP contribution is 2.15. The van der Waals surface area contributed by atoms with Gasteiger partial charge in [0.1, 0.15) is 0 Å². The van der Waals surface area contributed by atoms with E-state index in [0.717, 1.165) is 12.3 Å². The third-order valence-corrected chi connectivity index (χ3v) is 4.28. The fourth-order valence-corrected chi connectivity index (χ4v) is 2.62. The van der Waals surface area contributed by atoms with Gasteiger partial charge < -0.3 is 15.3 Å². The number of hydrogen-bond acceptors (Lipinski definition) is 3. The van der Waals surface area contributed by atoms with Gasteiger partial charge in [-0.3, -0.25) is 9.59 Å². The van der Waals surface area contributed by atoms with E-state index in [-0.39, 0.29) is 47.7 Å². The molecule has 0 unspecified atom stereocenters. The van der Waals surface area contributed by atoms with Gasteiger partial charge in [-0.2, -0.15) is 0 Å². The minimum atomic E-state index is -1.00. The highest BCUT2D eigenvalue weighted by Gasteiger charge is 2.24. The average Bonchev–Trinajstić information content (AvgIpc) is 2.55. The molecule has 0 aliphatic carbocycles. The fraction of sp³-hybridized carbons (Fsp3) is 0.773. The van der Waals surface area contributed by atoms with Crippen LogP contribution < -0.4 is 5.32 Å². The van der Waals surface area contributed by atoms with Crippen LogP contribution in [0.3, 0.4) is 0 Å². The maximum atomic E-state index is 12.4. The summed E-state index contributed by atoms with van der Waals surface area (Å²) < 4.78 is 0. The second-order valence-corrected chi connectivity index (χ2v) is 8.60. The number of carboxylic acid groups (broad SMARTS) is 1. The van der Waals surface area contributed by atoms with Crippen molar-refractivity contribution >= 4 is 17.8 Å². The van der Waals surface area contributed by atoms with Gasteiger partial charge in [-0.05, 0) is 31.1 Å². The molecule has 2 atom stereocenters. The van der Waals surface area contributed by atoms with Gasteiger partial charge in [0.05, 0.1) is 12.6 Å². The normalized spacial score (nSPS) is 13.7. The summed E-state index contributed by atoms with van der Waals surface area (Å²) in [6.07, 6.45) is 2.30. The molecule has 0 heterocycles. The predicted molar refractivity (Wildman–Crippen MR) is 115 cm³/mol. The van der Waals surface area contributed by atoms with Crippen molar-refractivity contribution in [2.45, 2.75) is 74.8 Å². The van der Waals surface area contributed by atoms with E-state index >= 15 is 0 Å². The number of amides is 2. The van der Waals surface area contributed by atoms with Crippen LogP contribution in [0.4, 0.5) is 0 Å². The monoisotopic (exact) mass is 398 g/mol. The Labute approximate surface area is 171 Å². The standard InChI is InChI=1S/C18H32N2O4.C4H10/c1-8-14(11(2)3)17(22)19-10-16(21)20(7)15(12(4)5)9-13(6)18(23)24;1-4(2)3/h9,11-12,14-15H,8,10H2,1-7H3,(H,19,22)(H,23,24);4H,1-3H3/b13-9+;/t14-,15+;/m0./s1. The van der Waals surface area contributed by atoms with Gasteiger partial charge in [0, 0.05) is 18.5 Å². The molecule has 0 bridgehead atoms. The van der Waals surface area contributed by atoms with Gasteiger partial charge >= 0.3 is 5.97 Å². The Kier molecular flexibility index (Phi) is 14.4. The number of rotatable bonds is 9. The zero-order valence-electron chi connectivity index (χ0n) is 19.5. The Morgan fingerprint density at radius 2 is 1.46 bits per heavy atom. The number of nitrogens with zero attached hydrogens (tertiary/aromatic N) is 1. The molecule has 0 aromatic heterocycles. The molecule has 0 aliphatic rings. The second-order valence-electron chi connectivity index (χ2n) is 8.60. The molecule has 0 aromatic rings. The summed E-state index contributed by atoms with van der Waals surface area (Å²) in [7, 11) is 1.63. The molecule has 0 aromatic carbocycles. The lowest BCUT2D eigenvalue weighted by Gasteiger charge is -2.29. The molecule has 164 valence electrons. The lowest BCUT2D eigenvalue weighted by Crippen LogP contribution is -2.46. The molecule has 0 aliphatic heterocycles. The number of likely N-dealkylation sites (N-methyl/N-ethyl adjacent to an activating group) is 1. The van der Waals surface area contributed by atoms with Crippen molar-refractivity contribution in [2.24, 2.45) is 23.7 Å². The van der Waals surface area contributed by atoms with E-state index in [1.807, 2.05) is 34.6 Å². The van der Waals surface area contributed by atoms with E-state index in [9.17, 15) is 14.4 Å². The predicted octanol–water partition coefficient (Wildman–Crippen LogP) is 3.96. The SMILES string of the molecule is CC(C)C.CC[C@H](C(=O)NCC(=O)N(C)[C@H](/C=C(\C)C(=O)O)C(C)C)C(C)C. The fourth-order valence-electron chi connectivity index (χ4n) is 2.62. The van der Waals surface area contributed by atoms with Gasteiger partial charge in [-0.15, -0.1) is 0 Å². The number of carbonyl (C=O) groups excluding carboxylic acids is 2. The molecule has 28 heavy (non-hydrogen) atoms. The Morgan fingerprint density at radius 1 is 1.00 bits per heavy atom. The van der Waals surface area contributed by atoms with Crippen molar-refractivity contribution in [3.8, 4) is 0 Å². The van der Waals surface area contributed by atoms with E-state index < -0.39 is 5.97 Å². The first kappa shape index (κ1) is 28.4. The van der Waals surface area contributed by atoms with E-state index in [2.05, 4.69) is 26.1 Å². The second kappa shape index (κ2) is 14.2. The molecule has 0 radical (unpaired) electrons. The number of hydrogen-bond donors (Lipinski definition) is 2. The molecule has 6 nitrogen and oxygen atoms in total. The third-order valence-electron chi connectivity index (χ3n) is 4.28. The van der Waals surface area contributed by atoms with Crippen molar-refractivity contribution < 1.29 is 19.5 Å². The third kappa shape index (κ3) is 11.8. The van der Waals surface area contributed by atoms with Crippen LogP contribution >= 0.6 is 0 Å². The van der Waals surface area contributed by atoms with Gasteiger partial charge in [0.15, 0.2) is 0 Å². The number of carboxylic acids is 1. The summed E-state index contributed by atoms with van der Waals surface area (Å²) in [6.45, 7) is 17.7. The zero-order valence-corrected chi connectivity index (χ0v) is 19.5. The first-order valence-electron chi connectivity index (χ1n) is 10.2. The van der Waals surface area contributed by atoms with E-state index in [4.69, 9.17) is 5.11 Å². The van der Waals surface area contributed by atoms with Crippen LogP contribution in [0.1, 0.15) is 68.7 Å². The van der Waals surface area contributed by atoms with Crippen LogP contribution in [0.5, 0.6) is 0 Å². The molecule has 0 spiro atoms. The molecule has 2 amide bonds. The van der Waals surface area contributed by atoms with Crippen molar-refractivity contribution in [3.05, 3.63) is 11.6 Å². The number of carbonyl (C=O) groups is 3. The first-order valence-corrected chi connectivity index (χ1v) is 10.2. The largest absolute Gasteiger partial charge is 0.478 e. The van der Waals surface area contributed by atoms with Crippen molar-refractivity contribution in [3.63, 3.8) is 0 Å². The summed E-state index contributed by atoms with van der Waals surface area (Å²) in [5.41, 5.74) is 0.197. The quantitative estimate of drug-likeness (QED) is 0.576. The van der Waals surface area contributed by atoms with Gasteiger partial charge in [-0.25, -0.2) is 4.79 Å². The lowest BCUT2D eigenvalue weighted by molar-refractivity contribution is -0.135. The number of nitrogens with one attached hydrogen (secondary N) is 1. The minimum absolute atomic E-state index is 0.0583. The number of aliphatic carboxylic acids is 1. The van der Waals surface area contributed by atoms with Crippen molar-refractivity contribution in [1.29, 1.82) is 0 Å². The Balaban J connectivity index is 0. The molecule has 0 fully saturated rings. The summed E-state index contributed by atoms with van der Waals surface area (Å²) in [5.74, 6) is -0.367. The molecule has 6 heteroatoms. The van der Waals surface area contributed by atoms with Crippen LogP contribution in [0.15, 0.2) is 11.6 Å². The van der Waals surface area contributed by atoms with Crippen LogP contribution in [0.25, 0.3) is 0 Å². The maximum Gasteiger partial charge on any atom is 0.331 e. The average molecular weight is 399 g/mol. The highest BCUT2D eigenvalue weighted by atomic mass is 16.4. The van der Waals surface area contributed by atoms with E-state index in [0.29, 0.717) is 0 Å². The van der Waals surface area contributed by atoms with Crippen LogP contribution in [0.2, 0.25) is 0 Å². The maximum absolute atomic E-state index is 12.4. The van der Waals surface area contributed by atoms with Gasteiger partial charge in [-0.1, -0.05) is 61.5 Å². The zero-order chi connectivity index (χ0) is 22.6.